The van der Waals surface area contributed by atoms with Crippen LogP contribution in [-0.4, -0.2) is 49.6 Å². The predicted molar refractivity (Wildman–Crippen MR) is 59.5 cm³/mol. The lowest BCUT2D eigenvalue weighted by Gasteiger charge is -2.24. The average Bonchev–Trinajstić information content (AvgIpc) is 2.30. The van der Waals surface area contributed by atoms with Crippen molar-refractivity contribution in [3.63, 3.8) is 0 Å². The number of aliphatic carboxylic acids is 1. The minimum absolute atomic E-state index is 0.0165. The standard InChI is InChI=1S/C11H21NO4/c1-2-3-4-10(11(13)14)12-7-9-8-15-5-6-16-9/h9-10,12H,2-8H2,1H3,(H,13,14). The maximum absolute atomic E-state index is 10.9. The van der Waals surface area contributed by atoms with E-state index in [9.17, 15) is 4.79 Å². The maximum atomic E-state index is 10.9. The second-order valence-electron chi connectivity index (χ2n) is 4.01. The molecule has 2 unspecified atom stereocenters. The molecule has 0 radical (unpaired) electrons. The summed E-state index contributed by atoms with van der Waals surface area (Å²) in [6.45, 7) is 4.37. The van der Waals surface area contributed by atoms with Gasteiger partial charge < -0.3 is 19.9 Å². The third-order valence-electron chi connectivity index (χ3n) is 2.62. The molecule has 0 aromatic heterocycles. The zero-order valence-corrected chi connectivity index (χ0v) is 9.78. The first-order valence-corrected chi connectivity index (χ1v) is 5.89. The quantitative estimate of drug-likeness (QED) is 0.673. The van der Waals surface area contributed by atoms with Gasteiger partial charge in [0, 0.05) is 6.54 Å². The molecule has 1 fully saturated rings. The van der Waals surface area contributed by atoms with Crippen molar-refractivity contribution in [1.29, 1.82) is 0 Å². The number of unbranched alkanes of at least 4 members (excludes halogenated alkanes) is 1. The number of ether oxygens (including phenoxy) is 2. The molecule has 0 bridgehead atoms. The van der Waals surface area contributed by atoms with Crippen molar-refractivity contribution in [2.24, 2.45) is 0 Å². The fourth-order valence-corrected chi connectivity index (χ4v) is 1.65. The van der Waals surface area contributed by atoms with Crippen LogP contribution in [0.5, 0.6) is 0 Å². The van der Waals surface area contributed by atoms with Crippen LogP contribution in [0.25, 0.3) is 0 Å². The number of nitrogens with one attached hydrogen (secondary N) is 1. The molecule has 1 aliphatic rings. The van der Waals surface area contributed by atoms with E-state index in [1.165, 1.54) is 0 Å². The Morgan fingerprint density at radius 3 is 2.94 bits per heavy atom. The van der Waals surface area contributed by atoms with Gasteiger partial charge in [-0.25, -0.2) is 0 Å². The van der Waals surface area contributed by atoms with Crippen molar-refractivity contribution in [3.05, 3.63) is 0 Å². The summed E-state index contributed by atoms with van der Waals surface area (Å²) in [6, 6.07) is -0.467. The largest absolute Gasteiger partial charge is 0.480 e. The molecule has 1 saturated heterocycles. The molecule has 1 rings (SSSR count). The van der Waals surface area contributed by atoms with Gasteiger partial charge in [0.15, 0.2) is 0 Å². The molecular formula is C11H21NO4. The van der Waals surface area contributed by atoms with Crippen LogP contribution >= 0.6 is 0 Å². The van der Waals surface area contributed by atoms with E-state index < -0.39 is 12.0 Å². The molecule has 1 heterocycles. The van der Waals surface area contributed by atoms with Gasteiger partial charge in [-0.3, -0.25) is 4.79 Å². The maximum Gasteiger partial charge on any atom is 0.320 e. The van der Waals surface area contributed by atoms with Crippen LogP contribution in [0.1, 0.15) is 26.2 Å². The third kappa shape index (κ3) is 4.92. The number of carboxylic acid groups (broad SMARTS) is 1. The van der Waals surface area contributed by atoms with Gasteiger partial charge >= 0.3 is 5.97 Å². The normalized spacial score (nSPS) is 22.9. The van der Waals surface area contributed by atoms with Crippen LogP contribution in [0.15, 0.2) is 0 Å². The molecule has 2 N–H and O–H groups in total. The lowest BCUT2D eigenvalue weighted by atomic mass is 10.1. The smallest absolute Gasteiger partial charge is 0.320 e. The van der Waals surface area contributed by atoms with Gasteiger partial charge in [-0.2, -0.15) is 0 Å². The van der Waals surface area contributed by atoms with E-state index in [0.29, 0.717) is 32.8 Å². The van der Waals surface area contributed by atoms with Crippen molar-refractivity contribution in [3.8, 4) is 0 Å². The number of hydrogen-bond donors (Lipinski definition) is 2. The van der Waals surface area contributed by atoms with E-state index in [4.69, 9.17) is 14.6 Å². The fourth-order valence-electron chi connectivity index (χ4n) is 1.65. The summed E-state index contributed by atoms with van der Waals surface area (Å²) in [4.78, 5) is 10.9. The Kier molecular flexibility index (Phi) is 6.37. The molecular weight excluding hydrogens is 210 g/mol. The zero-order valence-electron chi connectivity index (χ0n) is 9.78. The monoisotopic (exact) mass is 231 g/mol. The van der Waals surface area contributed by atoms with Gasteiger partial charge in [-0.15, -0.1) is 0 Å². The Morgan fingerprint density at radius 1 is 1.56 bits per heavy atom. The zero-order chi connectivity index (χ0) is 11.8. The van der Waals surface area contributed by atoms with Crippen molar-refractivity contribution < 1.29 is 19.4 Å². The molecule has 1 aliphatic heterocycles. The Bertz CT molecular complexity index is 204. The SMILES string of the molecule is CCCCC(NCC1COCCO1)C(=O)O. The Morgan fingerprint density at radius 2 is 2.38 bits per heavy atom. The molecule has 0 aromatic rings. The minimum Gasteiger partial charge on any atom is -0.480 e. The highest BCUT2D eigenvalue weighted by atomic mass is 16.6. The molecule has 0 aromatic carbocycles. The highest BCUT2D eigenvalue weighted by Crippen LogP contribution is 2.03. The van der Waals surface area contributed by atoms with E-state index in [0.717, 1.165) is 12.8 Å². The topological polar surface area (TPSA) is 67.8 Å². The molecule has 5 nitrogen and oxygen atoms in total. The second-order valence-corrected chi connectivity index (χ2v) is 4.01. The first-order chi connectivity index (χ1) is 7.74. The summed E-state index contributed by atoms with van der Waals surface area (Å²) >= 11 is 0. The summed E-state index contributed by atoms with van der Waals surface area (Å²) in [6.07, 6.45) is 2.58. The summed E-state index contributed by atoms with van der Waals surface area (Å²) in [7, 11) is 0. The first kappa shape index (κ1) is 13.4. The number of carbonyl (C=O) groups is 1. The highest BCUT2D eigenvalue weighted by molar-refractivity contribution is 5.73. The molecule has 94 valence electrons. The third-order valence-corrected chi connectivity index (χ3v) is 2.62. The molecule has 16 heavy (non-hydrogen) atoms. The van der Waals surface area contributed by atoms with E-state index in [-0.39, 0.29) is 6.10 Å². The lowest BCUT2D eigenvalue weighted by Crippen LogP contribution is -2.44. The molecule has 0 aliphatic carbocycles. The summed E-state index contributed by atoms with van der Waals surface area (Å²) in [5.74, 6) is -0.787. The van der Waals surface area contributed by atoms with Gasteiger partial charge in [0.2, 0.25) is 0 Å². The average molecular weight is 231 g/mol. The van der Waals surface area contributed by atoms with Crippen LogP contribution in [0.2, 0.25) is 0 Å². The molecule has 5 heteroatoms. The second kappa shape index (κ2) is 7.60. The van der Waals surface area contributed by atoms with Gasteiger partial charge in [0.25, 0.3) is 0 Å². The van der Waals surface area contributed by atoms with Gasteiger partial charge in [-0.05, 0) is 6.42 Å². The first-order valence-electron chi connectivity index (χ1n) is 5.89. The van der Waals surface area contributed by atoms with Crippen molar-refractivity contribution in [2.45, 2.75) is 38.3 Å². The van der Waals surface area contributed by atoms with Crippen LogP contribution in [0, 0.1) is 0 Å². The summed E-state index contributed by atoms with van der Waals surface area (Å²) in [5.41, 5.74) is 0. The van der Waals surface area contributed by atoms with Crippen LogP contribution in [0.3, 0.4) is 0 Å². The minimum atomic E-state index is -0.787. The molecule has 0 saturated carbocycles. The molecule has 0 amide bonds. The van der Waals surface area contributed by atoms with Gasteiger partial charge in [0.1, 0.15) is 6.04 Å². The van der Waals surface area contributed by atoms with Crippen molar-refractivity contribution in [2.75, 3.05) is 26.4 Å². The van der Waals surface area contributed by atoms with Gasteiger partial charge in [-0.1, -0.05) is 19.8 Å². The summed E-state index contributed by atoms with van der Waals surface area (Å²) < 4.78 is 10.7. The fraction of sp³-hybridized carbons (Fsp3) is 0.909. The Labute approximate surface area is 96.1 Å². The molecule has 2 atom stereocenters. The van der Waals surface area contributed by atoms with Crippen LogP contribution in [-0.2, 0) is 14.3 Å². The van der Waals surface area contributed by atoms with E-state index in [1.54, 1.807) is 0 Å². The van der Waals surface area contributed by atoms with Crippen LogP contribution in [0.4, 0.5) is 0 Å². The predicted octanol–water partition coefficient (Wildman–Crippen LogP) is 0.635. The highest BCUT2D eigenvalue weighted by Gasteiger charge is 2.20. The lowest BCUT2D eigenvalue weighted by molar-refractivity contribution is -0.140. The number of hydrogen-bond acceptors (Lipinski definition) is 4. The van der Waals surface area contributed by atoms with Crippen molar-refractivity contribution >= 4 is 5.97 Å². The summed E-state index contributed by atoms with van der Waals surface area (Å²) in [5, 5.41) is 12.0. The molecule has 0 spiro atoms. The van der Waals surface area contributed by atoms with E-state index >= 15 is 0 Å². The van der Waals surface area contributed by atoms with Gasteiger partial charge in [0.05, 0.1) is 25.9 Å². The number of carboxylic acids is 1. The van der Waals surface area contributed by atoms with Crippen molar-refractivity contribution in [1.82, 2.24) is 5.32 Å². The number of rotatable bonds is 7. The Balaban J connectivity index is 2.22. The Hall–Kier alpha value is -0.650. The van der Waals surface area contributed by atoms with Crippen LogP contribution < -0.4 is 5.32 Å². The van der Waals surface area contributed by atoms with E-state index in [1.807, 2.05) is 0 Å². The van der Waals surface area contributed by atoms with E-state index in [2.05, 4.69) is 12.2 Å².